The van der Waals surface area contributed by atoms with Gasteiger partial charge in [0.15, 0.2) is 17.3 Å². The standard InChI is InChI=1S/C15H17N3O3/c1-10-5-6-12(13(8-10)20-2)21-9-11-4-3-7-17-14(11)15(16)18-19/h3-8,19H,9H2,1-2H3,(H2,16,18). The normalized spacial score (nSPS) is 11.2. The largest absolute Gasteiger partial charge is 0.493 e. The van der Waals surface area contributed by atoms with Gasteiger partial charge in [0.25, 0.3) is 0 Å². The van der Waals surface area contributed by atoms with Crippen molar-refractivity contribution in [1.82, 2.24) is 4.98 Å². The minimum absolute atomic E-state index is 0.0509. The van der Waals surface area contributed by atoms with Crippen molar-refractivity contribution in [2.75, 3.05) is 7.11 Å². The van der Waals surface area contributed by atoms with Crippen LogP contribution in [0.3, 0.4) is 0 Å². The second-order valence-electron chi connectivity index (χ2n) is 4.44. The van der Waals surface area contributed by atoms with Crippen LogP contribution >= 0.6 is 0 Å². The third kappa shape index (κ3) is 3.42. The smallest absolute Gasteiger partial charge is 0.189 e. The van der Waals surface area contributed by atoms with E-state index in [2.05, 4.69) is 10.1 Å². The lowest BCUT2D eigenvalue weighted by atomic mass is 10.2. The molecule has 21 heavy (non-hydrogen) atoms. The van der Waals surface area contributed by atoms with E-state index in [0.717, 1.165) is 11.1 Å². The Hall–Kier alpha value is -2.76. The molecule has 0 radical (unpaired) electrons. The molecular formula is C15H17N3O3. The van der Waals surface area contributed by atoms with Gasteiger partial charge < -0.3 is 20.4 Å². The number of benzene rings is 1. The summed E-state index contributed by atoms with van der Waals surface area (Å²) in [6, 6.07) is 9.24. The molecule has 6 nitrogen and oxygen atoms in total. The number of rotatable bonds is 5. The maximum absolute atomic E-state index is 8.77. The number of hydrogen-bond acceptors (Lipinski definition) is 5. The number of hydrogen-bond donors (Lipinski definition) is 2. The average molecular weight is 287 g/mol. The van der Waals surface area contributed by atoms with Crippen LogP contribution < -0.4 is 15.2 Å². The minimum Gasteiger partial charge on any atom is -0.493 e. The molecule has 0 aliphatic carbocycles. The lowest BCUT2D eigenvalue weighted by molar-refractivity contribution is 0.283. The Morgan fingerprint density at radius 2 is 2.14 bits per heavy atom. The van der Waals surface area contributed by atoms with Gasteiger partial charge in [-0.1, -0.05) is 17.3 Å². The molecule has 0 amide bonds. The fourth-order valence-electron chi connectivity index (χ4n) is 1.88. The zero-order valence-corrected chi connectivity index (χ0v) is 11.9. The number of amidine groups is 1. The third-order valence-corrected chi connectivity index (χ3v) is 2.94. The highest BCUT2D eigenvalue weighted by molar-refractivity contribution is 5.96. The molecule has 0 atom stereocenters. The highest BCUT2D eigenvalue weighted by Gasteiger charge is 2.10. The van der Waals surface area contributed by atoms with Gasteiger partial charge in [0.05, 0.1) is 7.11 Å². The monoisotopic (exact) mass is 287 g/mol. The van der Waals surface area contributed by atoms with Crippen molar-refractivity contribution in [1.29, 1.82) is 0 Å². The predicted octanol–water partition coefficient (Wildman–Crippen LogP) is 2.07. The first kappa shape index (κ1) is 14.6. The SMILES string of the molecule is COc1cc(C)ccc1OCc1cccnc1C(N)=NO. The number of pyridine rings is 1. The number of methoxy groups -OCH3 is 1. The summed E-state index contributed by atoms with van der Waals surface area (Å²) in [6.45, 7) is 2.21. The quantitative estimate of drug-likeness (QED) is 0.380. The van der Waals surface area contributed by atoms with Crippen molar-refractivity contribution < 1.29 is 14.7 Å². The summed E-state index contributed by atoms with van der Waals surface area (Å²) in [5.74, 6) is 1.23. The van der Waals surface area contributed by atoms with Gasteiger partial charge in [-0.2, -0.15) is 0 Å². The van der Waals surface area contributed by atoms with Crippen molar-refractivity contribution in [3.05, 3.63) is 53.3 Å². The first-order valence-electron chi connectivity index (χ1n) is 6.35. The number of aryl methyl sites for hydroxylation is 1. The molecule has 110 valence electrons. The van der Waals surface area contributed by atoms with Crippen LogP contribution in [0.5, 0.6) is 11.5 Å². The number of nitrogens with zero attached hydrogens (tertiary/aromatic N) is 2. The molecule has 0 aliphatic rings. The van der Waals surface area contributed by atoms with Crippen LogP contribution in [0.1, 0.15) is 16.8 Å². The molecule has 1 heterocycles. The maximum Gasteiger partial charge on any atom is 0.189 e. The van der Waals surface area contributed by atoms with Crippen LogP contribution in [0.25, 0.3) is 0 Å². The van der Waals surface area contributed by atoms with Gasteiger partial charge in [0.1, 0.15) is 12.3 Å². The predicted molar refractivity (Wildman–Crippen MR) is 78.8 cm³/mol. The fraction of sp³-hybridized carbons (Fsp3) is 0.200. The average Bonchev–Trinajstić information content (AvgIpc) is 2.53. The molecule has 1 aromatic carbocycles. The van der Waals surface area contributed by atoms with E-state index in [1.165, 1.54) is 0 Å². The van der Waals surface area contributed by atoms with Crippen molar-refractivity contribution in [3.8, 4) is 11.5 Å². The summed E-state index contributed by atoms with van der Waals surface area (Å²) in [6.07, 6.45) is 1.57. The highest BCUT2D eigenvalue weighted by Crippen LogP contribution is 2.28. The van der Waals surface area contributed by atoms with E-state index in [1.807, 2.05) is 25.1 Å². The second kappa shape index (κ2) is 6.60. The summed E-state index contributed by atoms with van der Waals surface area (Å²) in [7, 11) is 1.59. The molecule has 0 saturated carbocycles. The molecule has 2 aromatic rings. The Labute approximate surface area is 122 Å². The van der Waals surface area contributed by atoms with Crippen LogP contribution in [0.4, 0.5) is 0 Å². The van der Waals surface area contributed by atoms with E-state index in [-0.39, 0.29) is 12.4 Å². The molecule has 2 rings (SSSR count). The maximum atomic E-state index is 8.77. The number of oxime groups is 1. The fourth-order valence-corrected chi connectivity index (χ4v) is 1.88. The van der Waals surface area contributed by atoms with Crippen molar-refractivity contribution >= 4 is 5.84 Å². The van der Waals surface area contributed by atoms with E-state index in [9.17, 15) is 0 Å². The number of nitrogens with two attached hydrogens (primary N) is 1. The molecule has 0 bridgehead atoms. The van der Waals surface area contributed by atoms with Crippen molar-refractivity contribution in [2.24, 2.45) is 10.9 Å². The summed E-state index contributed by atoms with van der Waals surface area (Å²) in [5.41, 5.74) is 7.79. The minimum atomic E-state index is -0.0509. The Morgan fingerprint density at radius 3 is 2.86 bits per heavy atom. The van der Waals surface area contributed by atoms with Crippen molar-refractivity contribution in [2.45, 2.75) is 13.5 Å². The molecule has 6 heteroatoms. The zero-order chi connectivity index (χ0) is 15.2. The van der Waals surface area contributed by atoms with Crippen LogP contribution in [0, 0.1) is 6.92 Å². The van der Waals surface area contributed by atoms with Gasteiger partial charge >= 0.3 is 0 Å². The number of aromatic nitrogens is 1. The van der Waals surface area contributed by atoms with Crippen LogP contribution in [0.2, 0.25) is 0 Å². The lowest BCUT2D eigenvalue weighted by Gasteiger charge is -2.12. The summed E-state index contributed by atoms with van der Waals surface area (Å²) < 4.78 is 11.0. The zero-order valence-electron chi connectivity index (χ0n) is 11.9. The van der Waals surface area contributed by atoms with Crippen LogP contribution in [0.15, 0.2) is 41.7 Å². The Kier molecular flexibility index (Phi) is 4.61. The van der Waals surface area contributed by atoms with Gasteiger partial charge in [-0.25, -0.2) is 0 Å². The molecule has 0 aliphatic heterocycles. The van der Waals surface area contributed by atoms with Crippen LogP contribution in [-0.2, 0) is 6.61 Å². The van der Waals surface area contributed by atoms with Gasteiger partial charge in [-0.05, 0) is 30.7 Å². The molecule has 0 spiro atoms. The second-order valence-corrected chi connectivity index (χ2v) is 4.44. The van der Waals surface area contributed by atoms with Gasteiger partial charge in [0, 0.05) is 11.8 Å². The molecule has 1 aromatic heterocycles. The van der Waals surface area contributed by atoms with E-state index < -0.39 is 0 Å². The Bertz CT molecular complexity index is 656. The first-order valence-corrected chi connectivity index (χ1v) is 6.35. The molecule has 3 N–H and O–H groups in total. The molecule has 0 fully saturated rings. The Balaban J connectivity index is 2.21. The van der Waals surface area contributed by atoms with E-state index in [4.69, 9.17) is 20.4 Å². The summed E-state index contributed by atoms with van der Waals surface area (Å²) in [5, 5.41) is 11.7. The van der Waals surface area contributed by atoms with Gasteiger partial charge in [0.2, 0.25) is 0 Å². The molecular weight excluding hydrogens is 270 g/mol. The third-order valence-electron chi connectivity index (χ3n) is 2.94. The highest BCUT2D eigenvalue weighted by atomic mass is 16.5. The first-order chi connectivity index (χ1) is 10.2. The van der Waals surface area contributed by atoms with Crippen LogP contribution in [-0.4, -0.2) is 23.1 Å². The van der Waals surface area contributed by atoms with E-state index in [0.29, 0.717) is 17.2 Å². The van der Waals surface area contributed by atoms with E-state index in [1.54, 1.807) is 25.4 Å². The molecule has 0 unspecified atom stereocenters. The van der Waals surface area contributed by atoms with Gasteiger partial charge in [-0.15, -0.1) is 0 Å². The van der Waals surface area contributed by atoms with Gasteiger partial charge in [-0.3, -0.25) is 4.98 Å². The lowest BCUT2D eigenvalue weighted by Crippen LogP contribution is -2.18. The Morgan fingerprint density at radius 1 is 1.33 bits per heavy atom. The summed E-state index contributed by atoms with van der Waals surface area (Å²) >= 11 is 0. The van der Waals surface area contributed by atoms with E-state index >= 15 is 0 Å². The topological polar surface area (TPSA) is 90.0 Å². The molecule has 0 saturated heterocycles. The number of ether oxygens (including phenoxy) is 2. The van der Waals surface area contributed by atoms with Crippen molar-refractivity contribution in [3.63, 3.8) is 0 Å². The summed E-state index contributed by atoms with van der Waals surface area (Å²) in [4.78, 5) is 4.09.